The van der Waals surface area contributed by atoms with Crippen LogP contribution in [-0.2, 0) is 11.3 Å². The number of thiophene rings is 1. The number of nitrogens with one attached hydrogen (secondary N) is 1. The maximum absolute atomic E-state index is 12.8. The first-order valence-corrected chi connectivity index (χ1v) is 8.55. The molecular formula is C16H24N4OS. The van der Waals surface area contributed by atoms with E-state index in [1.165, 1.54) is 0 Å². The number of carbonyl (C=O) groups is 1. The summed E-state index contributed by atoms with van der Waals surface area (Å²) in [6.07, 6.45) is 2.03. The smallest absolute Gasteiger partial charge is 0.244 e. The van der Waals surface area contributed by atoms with Gasteiger partial charge in [0.15, 0.2) is 0 Å². The third kappa shape index (κ3) is 3.75. The van der Waals surface area contributed by atoms with Crippen molar-refractivity contribution in [1.29, 1.82) is 0 Å². The first-order valence-electron chi connectivity index (χ1n) is 7.61. The van der Waals surface area contributed by atoms with Crippen LogP contribution in [0.1, 0.15) is 48.3 Å². The van der Waals surface area contributed by atoms with Crippen LogP contribution >= 0.6 is 11.3 Å². The fourth-order valence-corrected chi connectivity index (χ4v) is 3.22. The van der Waals surface area contributed by atoms with Crippen molar-refractivity contribution in [2.24, 2.45) is 5.73 Å². The van der Waals surface area contributed by atoms with E-state index in [0.29, 0.717) is 6.54 Å². The Morgan fingerprint density at radius 1 is 1.50 bits per heavy atom. The molecule has 0 aliphatic rings. The number of hydrogen-bond donors (Lipinski definition) is 2. The molecule has 0 spiro atoms. The van der Waals surface area contributed by atoms with Gasteiger partial charge in [-0.1, -0.05) is 13.3 Å². The van der Waals surface area contributed by atoms with Crippen molar-refractivity contribution in [3.8, 4) is 0 Å². The minimum absolute atomic E-state index is 0.0350. The zero-order valence-electron chi connectivity index (χ0n) is 13.4. The van der Waals surface area contributed by atoms with Gasteiger partial charge in [-0.15, -0.1) is 0 Å². The standard InChI is InChI=1S/C16H24N4OS/c1-4-5-7-20(9-13-6-8-22-10-13)16(21)15(17)14-11(2)18-19-12(14)3/h6,8,10,15H,4-5,7,9,17H2,1-3H3,(H,18,19)/t15-/m1/s1. The average molecular weight is 320 g/mol. The molecule has 0 aliphatic heterocycles. The fourth-order valence-electron chi connectivity index (χ4n) is 2.56. The molecule has 2 rings (SSSR count). The van der Waals surface area contributed by atoms with Crippen LogP contribution < -0.4 is 5.73 Å². The van der Waals surface area contributed by atoms with Crippen LogP contribution in [-0.4, -0.2) is 27.5 Å². The largest absolute Gasteiger partial charge is 0.337 e. The lowest BCUT2D eigenvalue weighted by Gasteiger charge is -2.25. The molecule has 1 amide bonds. The lowest BCUT2D eigenvalue weighted by atomic mass is 10.0. The van der Waals surface area contributed by atoms with Crippen LogP contribution in [0.2, 0.25) is 0 Å². The Balaban J connectivity index is 2.17. The molecule has 2 aromatic rings. The molecule has 5 nitrogen and oxygen atoms in total. The number of unbranched alkanes of at least 4 members (excludes halogenated alkanes) is 1. The summed E-state index contributed by atoms with van der Waals surface area (Å²) in [5.74, 6) is -0.0350. The number of nitrogens with two attached hydrogens (primary N) is 1. The predicted molar refractivity (Wildman–Crippen MR) is 89.6 cm³/mol. The first kappa shape index (κ1) is 16.7. The van der Waals surface area contributed by atoms with Crippen molar-refractivity contribution in [2.45, 2.75) is 46.2 Å². The molecule has 6 heteroatoms. The highest BCUT2D eigenvalue weighted by molar-refractivity contribution is 7.07. The number of H-pyrrole nitrogens is 1. The summed E-state index contributed by atoms with van der Waals surface area (Å²) in [5.41, 5.74) is 9.87. The molecule has 0 aromatic carbocycles. The van der Waals surface area contributed by atoms with Crippen LogP contribution in [0.15, 0.2) is 16.8 Å². The quantitative estimate of drug-likeness (QED) is 0.823. The predicted octanol–water partition coefficient (Wildman–Crippen LogP) is 2.92. The Morgan fingerprint density at radius 2 is 2.27 bits per heavy atom. The molecule has 0 saturated heterocycles. The molecular weight excluding hydrogens is 296 g/mol. The Bertz CT molecular complexity index is 586. The Labute approximate surface area is 135 Å². The van der Waals surface area contributed by atoms with Crippen LogP contribution in [0, 0.1) is 13.8 Å². The van der Waals surface area contributed by atoms with Gasteiger partial charge >= 0.3 is 0 Å². The van der Waals surface area contributed by atoms with Crippen molar-refractivity contribution in [1.82, 2.24) is 15.1 Å². The second-order valence-corrected chi connectivity index (χ2v) is 6.35. The molecule has 22 heavy (non-hydrogen) atoms. The maximum atomic E-state index is 12.8. The van der Waals surface area contributed by atoms with E-state index in [9.17, 15) is 4.79 Å². The summed E-state index contributed by atoms with van der Waals surface area (Å²) in [4.78, 5) is 14.7. The van der Waals surface area contributed by atoms with Crippen molar-refractivity contribution >= 4 is 17.2 Å². The van der Waals surface area contributed by atoms with E-state index >= 15 is 0 Å². The van der Waals surface area contributed by atoms with Crippen LogP contribution in [0.3, 0.4) is 0 Å². The van der Waals surface area contributed by atoms with E-state index in [2.05, 4.69) is 28.6 Å². The SMILES string of the molecule is CCCCN(Cc1ccsc1)C(=O)[C@H](N)c1c(C)n[nH]c1C. The molecule has 0 fully saturated rings. The second-order valence-electron chi connectivity index (χ2n) is 5.57. The third-order valence-electron chi connectivity index (χ3n) is 3.81. The van der Waals surface area contributed by atoms with Crippen molar-refractivity contribution in [2.75, 3.05) is 6.54 Å². The molecule has 0 aliphatic carbocycles. The second kappa shape index (κ2) is 7.56. The van der Waals surface area contributed by atoms with Crippen LogP contribution in [0.5, 0.6) is 0 Å². The summed E-state index contributed by atoms with van der Waals surface area (Å²) < 4.78 is 0. The van der Waals surface area contributed by atoms with Crippen molar-refractivity contribution in [3.63, 3.8) is 0 Å². The molecule has 1 atom stereocenters. The highest BCUT2D eigenvalue weighted by atomic mass is 32.1. The third-order valence-corrected chi connectivity index (χ3v) is 4.54. The van der Waals surface area contributed by atoms with E-state index in [1.54, 1.807) is 11.3 Å². The molecule has 0 radical (unpaired) electrons. The summed E-state index contributed by atoms with van der Waals surface area (Å²) in [6.45, 7) is 7.25. The molecule has 2 aromatic heterocycles. The Morgan fingerprint density at radius 3 is 2.82 bits per heavy atom. The zero-order valence-corrected chi connectivity index (χ0v) is 14.2. The summed E-state index contributed by atoms with van der Waals surface area (Å²) in [6, 6.07) is 1.39. The van der Waals surface area contributed by atoms with Gasteiger partial charge in [0.2, 0.25) is 5.91 Å². The Hall–Kier alpha value is -1.66. The van der Waals surface area contributed by atoms with Gasteiger partial charge in [0.05, 0.1) is 5.69 Å². The zero-order chi connectivity index (χ0) is 16.1. The number of aromatic amines is 1. The number of aromatic nitrogens is 2. The summed E-state index contributed by atoms with van der Waals surface area (Å²) in [5, 5.41) is 11.1. The lowest BCUT2D eigenvalue weighted by molar-refractivity contribution is -0.133. The van der Waals surface area contributed by atoms with Crippen molar-refractivity contribution < 1.29 is 4.79 Å². The van der Waals surface area contributed by atoms with E-state index in [0.717, 1.165) is 41.9 Å². The number of aryl methyl sites for hydroxylation is 2. The molecule has 120 valence electrons. The average Bonchev–Trinajstić information content (AvgIpc) is 3.12. The van der Waals surface area contributed by atoms with Gasteiger partial charge in [-0.25, -0.2) is 0 Å². The van der Waals surface area contributed by atoms with Crippen molar-refractivity contribution in [3.05, 3.63) is 39.3 Å². The fraction of sp³-hybridized carbons (Fsp3) is 0.500. The number of nitrogens with zero attached hydrogens (tertiary/aromatic N) is 2. The molecule has 0 unspecified atom stereocenters. The van der Waals surface area contributed by atoms with E-state index in [-0.39, 0.29) is 5.91 Å². The van der Waals surface area contributed by atoms with E-state index in [4.69, 9.17) is 5.73 Å². The minimum Gasteiger partial charge on any atom is -0.337 e. The van der Waals surface area contributed by atoms with E-state index < -0.39 is 6.04 Å². The number of rotatable bonds is 7. The van der Waals surface area contributed by atoms with E-state index in [1.807, 2.05) is 24.1 Å². The molecule has 0 bridgehead atoms. The lowest BCUT2D eigenvalue weighted by Crippen LogP contribution is -2.39. The highest BCUT2D eigenvalue weighted by Crippen LogP contribution is 2.21. The first-order chi connectivity index (χ1) is 10.5. The van der Waals surface area contributed by atoms with Gasteiger partial charge in [-0.2, -0.15) is 16.4 Å². The highest BCUT2D eigenvalue weighted by Gasteiger charge is 2.26. The molecule has 2 heterocycles. The van der Waals surface area contributed by atoms with Crippen LogP contribution in [0.25, 0.3) is 0 Å². The van der Waals surface area contributed by atoms with Gasteiger partial charge in [0.25, 0.3) is 0 Å². The normalized spacial score (nSPS) is 12.4. The van der Waals surface area contributed by atoms with Gasteiger partial charge in [0.1, 0.15) is 6.04 Å². The van der Waals surface area contributed by atoms with Gasteiger partial charge in [-0.05, 0) is 42.7 Å². The topological polar surface area (TPSA) is 75.0 Å². The van der Waals surface area contributed by atoms with Gasteiger partial charge < -0.3 is 10.6 Å². The minimum atomic E-state index is -0.658. The number of amides is 1. The van der Waals surface area contributed by atoms with Gasteiger partial charge in [-0.3, -0.25) is 9.89 Å². The maximum Gasteiger partial charge on any atom is 0.244 e. The molecule has 0 saturated carbocycles. The number of carbonyl (C=O) groups excluding carboxylic acids is 1. The summed E-state index contributed by atoms with van der Waals surface area (Å²) >= 11 is 1.64. The number of hydrogen-bond acceptors (Lipinski definition) is 4. The van der Waals surface area contributed by atoms with Gasteiger partial charge in [0, 0.05) is 24.3 Å². The van der Waals surface area contributed by atoms with Crippen LogP contribution in [0.4, 0.5) is 0 Å². The molecule has 3 N–H and O–H groups in total. The monoisotopic (exact) mass is 320 g/mol. The summed E-state index contributed by atoms with van der Waals surface area (Å²) in [7, 11) is 0. The Kier molecular flexibility index (Phi) is 5.74.